The molecule has 5 heteroatoms. The highest BCUT2D eigenvalue weighted by Crippen LogP contribution is 2.41. The molecule has 0 spiro atoms. The lowest BCUT2D eigenvalue weighted by Gasteiger charge is -2.43. The number of aliphatic hydroxyl groups is 1. The van der Waals surface area contributed by atoms with Crippen LogP contribution in [0.4, 0.5) is 0 Å². The van der Waals surface area contributed by atoms with Crippen LogP contribution in [0.15, 0.2) is 24.3 Å². The van der Waals surface area contributed by atoms with Gasteiger partial charge in [0.25, 0.3) is 0 Å². The molecule has 1 aliphatic rings. The average molecular weight is 301 g/mol. The SMILES string of the molecule is CC(C)(CO)[C@H](c1ccccc1O)N1CCNCC1.Cl. The Labute approximate surface area is 127 Å². The summed E-state index contributed by atoms with van der Waals surface area (Å²) < 4.78 is 0. The Bertz CT molecular complexity index is 420. The van der Waals surface area contributed by atoms with Crippen molar-refractivity contribution in [1.29, 1.82) is 0 Å². The van der Waals surface area contributed by atoms with Gasteiger partial charge in [0.2, 0.25) is 0 Å². The molecule has 20 heavy (non-hydrogen) atoms. The van der Waals surface area contributed by atoms with Gasteiger partial charge in [-0.25, -0.2) is 0 Å². The lowest BCUT2D eigenvalue weighted by Crippen LogP contribution is -2.49. The molecule has 1 aliphatic heterocycles. The van der Waals surface area contributed by atoms with Gasteiger partial charge in [0.05, 0.1) is 0 Å². The molecule has 0 aromatic heterocycles. The van der Waals surface area contributed by atoms with Crippen molar-refractivity contribution in [1.82, 2.24) is 10.2 Å². The number of rotatable bonds is 4. The van der Waals surface area contributed by atoms with Crippen molar-refractivity contribution in [3.05, 3.63) is 29.8 Å². The van der Waals surface area contributed by atoms with Crippen LogP contribution in [0, 0.1) is 5.41 Å². The third kappa shape index (κ3) is 3.64. The quantitative estimate of drug-likeness (QED) is 0.793. The number of piperazine rings is 1. The molecule has 2 rings (SSSR count). The van der Waals surface area contributed by atoms with Gasteiger partial charge in [-0.05, 0) is 6.07 Å². The molecule has 1 atom stereocenters. The highest BCUT2D eigenvalue weighted by Gasteiger charge is 2.36. The molecule has 0 unspecified atom stereocenters. The van der Waals surface area contributed by atoms with Crippen LogP contribution in [0.3, 0.4) is 0 Å². The van der Waals surface area contributed by atoms with E-state index in [4.69, 9.17) is 0 Å². The van der Waals surface area contributed by atoms with Gasteiger partial charge in [0.15, 0.2) is 0 Å². The number of para-hydroxylation sites is 1. The first-order chi connectivity index (χ1) is 9.06. The molecule has 114 valence electrons. The Balaban J connectivity index is 0.00000200. The number of hydrogen-bond acceptors (Lipinski definition) is 4. The Morgan fingerprint density at radius 2 is 1.85 bits per heavy atom. The molecule has 1 aromatic rings. The second-order valence-electron chi connectivity index (χ2n) is 5.89. The second kappa shape index (κ2) is 7.27. The van der Waals surface area contributed by atoms with Crippen molar-refractivity contribution in [2.24, 2.45) is 5.41 Å². The zero-order valence-corrected chi connectivity index (χ0v) is 13.0. The normalized spacial score (nSPS) is 18.4. The van der Waals surface area contributed by atoms with Crippen molar-refractivity contribution in [2.75, 3.05) is 32.8 Å². The van der Waals surface area contributed by atoms with Crippen LogP contribution in [0.2, 0.25) is 0 Å². The van der Waals surface area contributed by atoms with Gasteiger partial charge in [-0.1, -0.05) is 32.0 Å². The topological polar surface area (TPSA) is 55.7 Å². The van der Waals surface area contributed by atoms with Crippen LogP contribution in [0.5, 0.6) is 5.75 Å². The maximum absolute atomic E-state index is 10.1. The minimum atomic E-state index is -0.295. The maximum Gasteiger partial charge on any atom is 0.120 e. The van der Waals surface area contributed by atoms with E-state index in [9.17, 15) is 10.2 Å². The highest BCUT2D eigenvalue weighted by atomic mass is 35.5. The summed E-state index contributed by atoms with van der Waals surface area (Å²) in [5, 5.41) is 23.2. The van der Waals surface area contributed by atoms with Crippen LogP contribution >= 0.6 is 12.4 Å². The van der Waals surface area contributed by atoms with E-state index in [0.717, 1.165) is 31.7 Å². The number of hydrogen-bond donors (Lipinski definition) is 3. The van der Waals surface area contributed by atoms with E-state index in [2.05, 4.69) is 10.2 Å². The fourth-order valence-corrected chi connectivity index (χ4v) is 2.86. The van der Waals surface area contributed by atoms with Gasteiger partial charge in [-0.3, -0.25) is 4.90 Å². The van der Waals surface area contributed by atoms with Crippen LogP contribution in [0.25, 0.3) is 0 Å². The first-order valence-electron chi connectivity index (χ1n) is 6.90. The zero-order chi connectivity index (χ0) is 13.9. The van der Waals surface area contributed by atoms with Crippen molar-refractivity contribution >= 4 is 12.4 Å². The highest BCUT2D eigenvalue weighted by molar-refractivity contribution is 5.85. The fraction of sp³-hybridized carbons (Fsp3) is 0.600. The van der Waals surface area contributed by atoms with Crippen LogP contribution < -0.4 is 5.32 Å². The Morgan fingerprint density at radius 1 is 1.25 bits per heavy atom. The van der Waals surface area contributed by atoms with Gasteiger partial charge >= 0.3 is 0 Å². The average Bonchev–Trinajstić information content (AvgIpc) is 2.42. The van der Waals surface area contributed by atoms with Crippen molar-refractivity contribution < 1.29 is 10.2 Å². The molecule has 0 bridgehead atoms. The third-order valence-electron chi connectivity index (χ3n) is 3.90. The van der Waals surface area contributed by atoms with Crippen molar-refractivity contribution in [3.8, 4) is 5.75 Å². The second-order valence-corrected chi connectivity index (χ2v) is 5.89. The predicted molar refractivity (Wildman–Crippen MR) is 83.4 cm³/mol. The first kappa shape index (κ1) is 17.2. The summed E-state index contributed by atoms with van der Waals surface area (Å²) in [7, 11) is 0. The monoisotopic (exact) mass is 300 g/mol. The van der Waals surface area contributed by atoms with Gasteiger partial charge in [-0.2, -0.15) is 0 Å². The van der Waals surface area contributed by atoms with E-state index in [-0.39, 0.29) is 30.5 Å². The lowest BCUT2D eigenvalue weighted by molar-refractivity contribution is 0.0293. The molecule has 0 amide bonds. The number of aliphatic hydroxyl groups excluding tert-OH is 1. The maximum atomic E-state index is 10.1. The summed E-state index contributed by atoms with van der Waals surface area (Å²) in [6.45, 7) is 7.95. The Hall–Kier alpha value is -0.810. The van der Waals surface area contributed by atoms with Crippen molar-refractivity contribution in [3.63, 3.8) is 0 Å². The molecule has 4 nitrogen and oxygen atoms in total. The summed E-state index contributed by atoms with van der Waals surface area (Å²) >= 11 is 0. The van der Waals surface area contributed by atoms with E-state index in [1.54, 1.807) is 6.07 Å². The van der Waals surface area contributed by atoms with E-state index in [1.807, 2.05) is 32.0 Å². The molecule has 3 N–H and O–H groups in total. The van der Waals surface area contributed by atoms with Gasteiger partial charge in [-0.15, -0.1) is 12.4 Å². The van der Waals surface area contributed by atoms with Gasteiger partial charge in [0, 0.05) is 49.8 Å². The summed E-state index contributed by atoms with van der Waals surface area (Å²) in [4.78, 5) is 2.35. The van der Waals surface area contributed by atoms with E-state index in [1.165, 1.54) is 0 Å². The number of nitrogens with one attached hydrogen (secondary N) is 1. The predicted octanol–water partition coefficient (Wildman–Crippen LogP) is 1.78. The number of aromatic hydroxyl groups is 1. The molecular weight excluding hydrogens is 276 g/mol. The zero-order valence-electron chi connectivity index (χ0n) is 12.2. The summed E-state index contributed by atoms with van der Waals surface area (Å²) in [6, 6.07) is 7.48. The Morgan fingerprint density at radius 3 is 2.40 bits per heavy atom. The molecule has 1 heterocycles. The fourth-order valence-electron chi connectivity index (χ4n) is 2.86. The molecule has 0 radical (unpaired) electrons. The molecular formula is C15H25ClN2O2. The summed E-state index contributed by atoms with van der Waals surface area (Å²) in [5.74, 6) is 0.313. The largest absolute Gasteiger partial charge is 0.508 e. The number of phenolic OH excluding ortho intramolecular Hbond substituents is 1. The third-order valence-corrected chi connectivity index (χ3v) is 3.90. The smallest absolute Gasteiger partial charge is 0.120 e. The molecule has 1 saturated heterocycles. The van der Waals surface area contributed by atoms with Crippen LogP contribution in [0.1, 0.15) is 25.5 Å². The van der Waals surface area contributed by atoms with Gasteiger partial charge < -0.3 is 15.5 Å². The van der Waals surface area contributed by atoms with E-state index < -0.39 is 0 Å². The molecule has 1 aromatic carbocycles. The number of nitrogens with zero attached hydrogens (tertiary/aromatic N) is 1. The Kier molecular flexibility index (Phi) is 6.27. The van der Waals surface area contributed by atoms with Crippen molar-refractivity contribution in [2.45, 2.75) is 19.9 Å². The summed E-state index contributed by atoms with van der Waals surface area (Å²) in [5.41, 5.74) is 0.611. The van der Waals surface area contributed by atoms with Crippen LogP contribution in [-0.4, -0.2) is 47.9 Å². The minimum absolute atomic E-state index is 0. The lowest BCUT2D eigenvalue weighted by atomic mass is 9.79. The van der Waals surface area contributed by atoms with E-state index in [0.29, 0.717) is 5.75 Å². The van der Waals surface area contributed by atoms with E-state index >= 15 is 0 Å². The summed E-state index contributed by atoms with van der Waals surface area (Å²) in [6.07, 6.45) is 0. The van der Waals surface area contributed by atoms with Gasteiger partial charge in [0.1, 0.15) is 5.75 Å². The number of phenols is 1. The number of halogens is 1. The van der Waals surface area contributed by atoms with Crippen LogP contribution in [-0.2, 0) is 0 Å². The molecule has 1 fully saturated rings. The first-order valence-corrected chi connectivity index (χ1v) is 6.90. The molecule has 0 aliphatic carbocycles. The minimum Gasteiger partial charge on any atom is -0.508 e. The standard InChI is InChI=1S/C15H24N2O2.ClH/c1-15(2,11-18)14(17-9-7-16-8-10-17)12-5-3-4-6-13(12)19;/h3-6,14,16,18-19H,7-11H2,1-2H3;1H/t14-;/m0./s1. The molecule has 0 saturated carbocycles. The number of benzene rings is 1.